The molecule has 4 rings (SSSR count). The summed E-state index contributed by atoms with van der Waals surface area (Å²) in [5, 5.41) is 16.2. The molecule has 1 atom stereocenters. The van der Waals surface area contributed by atoms with Crippen molar-refractivity contribution in [1.29, 1.82) is 0 Å². The number of pyridine rings is 1. The van der Waals surface area contributed by atoms with Crippen LogP contribution < -0.4 is 10.2 Å². The van der Waals surface area contributed by atoms with Crippen LogP contribution in [0.2, 0.25) is 5.02 Å². The molecule has 0 spiro atoms. The van der Waals surface area contributed by atoms with E-state index in [-0.39, 0.29) is 5.91 Å². The molecule has 30 heavy (non-hydrogen) atoms. The number of anilines is 1. The predicted octanol–water partition coefficient (Wildman–Crippen LogP) is 3.26. The van der Waals surface area contributed by atoms with E-state index in [1.807, 2.05) is 31.2 Å². The Hall–Kier alpha value is -3.00. The fraction of sp³-hybridized carbons (Fsp3) is 0.381. The lowest BCUT2D eigenvalue weighted by Crippen LogP contribution is -2.33. The molecule has 1 aromatic carbocycles. The number of carbonyl (C=O) groups is 1. The molecule has 1 aliphatic heterocycles. The first kappa shape index (κ1) is 20.3. The molecule has 0 saturated carbocycles. The van der Waals surface area contributed by atoms with Crippen molar-refractivity contribution in [3.05, 3.63) is 53.2 Å². The van der Waals surface area contributed by atoms with Crippen LogP contribution in [0.5, 0.6) is 0 Å². The first-order valence-electron chi connectivity index (χ1n) is 10.2. The Labute approximate surface area is 180 Å². The van der Waals surface area contributed by atoms with Gasteiger partial charge in [-0.3, -0.25) is 4.79 Å². The fourth-order valence-electron chi connectivity index (χ4n) is 3.52. The average Bonchev–Trinajstić information content (AvgIpc) is 3.46. The van der Waals surface area contributed by atoms with Gasteiger partial charge in [-0.25, -0.2) is 4.98 Å². The summed E-state index contributed by atoms with van der Waals surface area (Å²) in [5.41, 5.74) is 1.82. The molecule has 1 saturated heterocycles. The number of nitrogens with one attached hydrogen (secondary N) is 1. The van der Waals surface area contributed by atoms with Crippen molar-refractivity contribution in [2.45, 2.75) is 38.8 Å². The summed E-state index contributed by atoms with van der Waals surface area (Å²) < 4.78 is 0. The van der Waals surface area contributed by atoms with E-state index < -0.39 is 6.04 Å². The Morgan fingerprint density at radius 2 is 1.97 bits per heavy atom. The average molecular weight is 426 g/mol. The van der Waals surface area contributed by atoms with Crippen LogP contribution in [0.15, 0.2) is 42.6 Å². The van der Waals surface area contributed by atoms with Crippen LogP contribution in [0, 0.1) is 0 Å². The number of hydrogen-bond acceptors (Lipinski definition) is 6. The van der Waals surface area contributed by atoms with Crippen LogP contribution in [0.1, 0.15) is 37.8 Å². The minimum atomic E-state index is -0.529. The number of tetrazole rings is 1. The van der Waals surface area contributed by atoms with Gasteiger partial charge in [0.15, 0.2) is 6.04 Å². The molecular formula is C21H24ClN7O. The van der Waals surface area contributed by atoms with E-state index in [1.165, 1.54) is 17.6 Å². The Bertz CT molecular complexity index is 999. The number of nitrogens with zero attached hydrogens (tertiary/aromatic N) is 6. The van der Waals surface area contributed by atoms with Crippen molar-refractivity contribution in [1.82, 2.24) is 30.5 Å². The minimum absolute atomic E-state index is 0.142. The Balaban J connectivity index is 1.41. The van der Waals surface area contributed by atoms with Gasteiger partial charge in [0.25, 0.3) is 0 Å². The number of benzene rings is 1. The molecule has 0 bridgehead atoms. The topological polar surface area (TPSA) is 88.8 Å². The van der Waals surface area contributed by atoms with Crippen LogP contribution in [0.4, 0.5) is 5.82 Å². The lowest BCUT2D eigenvalue weighted by atomic mass is 10.2. The molecular weight excluding hydrogens is 402 g/mol. The van der Waals surface area contributed by atoms with Crippen LogP contribution in [0.25, 0.3) is 11.4 Å². The molecule has 2 aromatic heterocycles. The zero-order valence-electron chi connectivity index (χ0n) is 16.8. The number of carbonyl (C=O) groups excluding carboxylic acids is 1. The summed E-state index contributed by atoms with van der Waals surface area (Å²) in [6.45, 7) is 4.42. The second-order valence-corrected chi connectivity index (χ2v) is 7.74. The first-order chi connectivity index (χ1) is 14.6. The van der Waals surface area contributed by atoms with Gasteiger partial charge in [0, 0.05) is 36.4 Å². The van der Waals surface area contributed by atoms with E-state index in [0.717, 1.165) is 30.0 Å². The highest BCUT2D eigenvalue weighted by molar-refractivity contribution is 6.30. The third-order valence-corrected chi connectivity index (χ3v) is 5.46. The van der Waals surface area contributed by atoms with Gasteiger partial charge in [0.05, 0.1) is 0 Å². The molecule has 1 fully saturated rings. The lowest BCUT2D eigenvalue weighted by molar-refractivity contribution is -0.125. The maximum Gasteiger partial charge on any atom is 0.247 e. The Kier molecular flexibility index (Phi) is 6.23. The van der Waals surface area contributed by atoms with E-state index in [2.05, 4.69) is 30.6 Å². The van der Waals surface area contributed by atoms with Gasteiger partial charge in [-0.05, 0) is 66.4 Å². The van der Waals surface area contributed by atoms with Crippen LogP contribution in [-0.2, 0) is 11.3 Å². The van der Waals surface area contributed by atoms with Gasteiger partial charge in [-0.1, -0.05) is 18.5 Å². The summed E-state index contributed by atoms with van der Waals surface area (Å²) in [6.07, 6.45) is 4.74. The Morgan fingerprint density at radius 1 is 1.20 bits per heavy atom. The molecule has 8 nitrogen and oxygen atoms in total. The number of amides is 1. The first-order valence-corrected chi connectivity index (χ1v) is 10.5. The standard InChI is InChI=1S/C21H24ClN7O/c1-2-18(29-26-20(25-27-29)16-5-7-17(22)8-6-16)21(30)24-14-15-9-10-23-19(13-15)28-11-3-4-12-28/h5-10,13,18H,2-4,11-12,14H2,1H3,(H,24,30). The Morgan fingerprint density at radius 3 is 2.70 bits per heavy atom. The van der Waals surface area contributed by atoms with Crippen molar-refractivity contribution in [2.75, 3.05) is 18.0 Å². The second kappa shape index (κ2) is 9.21. The van der Waals surface area contributed by atoms with Crippen molar-refractivity contribution in [3.8, 4) is 11.4 Å². The maximum atomic E-state index is 12.8. The maximum absolute atomic E-state index is 12.8. The molecule has 9 heteroatoms. The summed E-state index contributed by atoms with van der Waals surface area (Å²) in [7, 11) is 0. The molecule has 3 heterocycles. The van der Waals surface area contributed by atoms with Crippen LogP contribution >= 0.6 is 11.6 Å². The smallest absolute Gasteiger partial charge is 0.247 e. The number of halogens is 1. The third kappa shape index (κ3) is 4.59. The predicted molar refractivity (Wildman–Crippen MR) is 115 cm³/mol. The van der Waals surface area contributed by atoms with E-state index in [0.29, 0.717) is 23.8 Å². The summed E-state index contributed by atoms with van der Waals surface area (Å²) in [4.78, 5) is 20.9. The highest BCUT2D eigenvalue weighted by atomic mass is 35.5. The third-order valence-electron chi connectivity index (χ3n) is 5.21. The molecule has 3 aromatic rings. The van der Waals surface area contributed by atoms with Crippen LogP contribution in [0.3, 0.4) is 0 Å². The van der Waals surface area contributed by atoms with Gasteiger partial charge in [-0.15, -0.1) is 10.2 Å². The molecule has 1 N–H and O–H groups in total. The largest absolute Gasteiger partial charge is 0.357 e. The monoisotopic (exact) mass is 425 g/mol. The van der Waals surface area contributed by atoms with Gasteiger partial charge in [0.2, 0.25) is 11.7 Å². The molecule has 1 aliphatic rings. The van der Waals surface area contributed by atoms with Gasteiger partial charge in [-0.2, -0.15) is 4.80 Å². The zero-order valence-corrected chi connectivity index (χ0v) is 17.6. The molecule has 1 unspecified atom stereocenters. The summed E-state index contributed by atoms with van der Waals surface area (Å²) >= 11 is 5.93. The van der Waals surface area contributed by atoms with E-state index in [4.69, 9.17) is 11.6 Å². The lowest BCUT2D eigenvalue weighted by Gasteiger charge is -2.17. The molecule has 156 valence electrons. The summed E-state index contributed by atoms with van der Waals surface area (Å²) in [6, 6.07) is 10.6. The second-order valence-electron chi connectivity index (χ2n) is 7.30. The van der Waals surface area contributed by atoms with Crippen molar-refractivity contribution in [3.63, 3.8) is 0 Å². The molecule has 0 aliphatic carbocycles. The summed E-state index contributed by atoms with van der Waals surface area (Å²) in [5.74, 6) is 1.29. The van der Waals surface area contributed by atoms with E-state index in [9.17, 15) is 4.79 Å². The molecule has 0 radical (unpaired) electrons. The zero-order chi connectivity index (χ0) is 20.9. The fourth-order valence-corrected chi connectivity index (χ4v) is 3.65. The SMILES string of the molecule is CCC(C(=O)NCc1ccnc(N2CCCC2)c1)n1nnc(-c2ccc(Cl)cc2)n1. The van der Waals surface area contributed by atoms with Crippen molar-refractivity contribution in [2.24, 2.45) is 0 Å². The quantitative estimate of drug-likeness (QED) is 0.625. The number of aromatic nitrogens is 5. The van der Waals surface area contributed by atoms with Crippen molar-refractivity contribution < 1.29 is 4.79 Å². The number of hydrogen-bond donors (Lipinski definition) is 1. The van der Waals surface area contributed by atoms with Crippen LogP contribution in [-0.4, -0.2) is 44.2 Å². The van der Waals surface area contributed by atoms with E-state index in [1.54, 1.807) is 18.3 Å². The number of rotatable bonds is 7. The molecule has 1 amide bonds. The highest BCUT2D eigenvalue weighted by Crippen LogP contribution is 2.20. The van der Waals surface area contributed by atoms with Crippen molar-refractivity contribution >= 4 is 23.3 Å². The van der Waals surface area contributed by atoms with Gasteiger partial charge >= 0.3 is 0 Å². The minimum Gasteiger partial charge on any atom is -0.357 e. The normalized spacial score (nSPS) is 14.7. The van der Waals surface area contributed by atoms with Gasteiger partial charge in [0.1, 0.15) is 5.82 Å². The highest BCUT2D eigenvalue weighted by Gasteiger charge is 2.22. The van der Waals surface area contributed by atoms with Gasteiger partial charge < -0.3 is 10.2 Å². The van der Waals surface area contributed by atoms with E-state index >= 15 is 0 Å².